The molecule has 1 saturated heterocycles. The van der Waals surface area contributed by atoms with Crippen LogP contribution in [0, 0.1) is 6.92 Å². The molecule has 140 valence electrons. The first-order valence-corrected chi connectivity index (χ1v) is 10.5. The lowest BCUT2D eigenvalue weighted by Crippen LogP contribution is -2.48. The van der Waals surface area contributed by atoms with E-state index in [2.05, 4.69) is 4.90 Å². The van der Waals surface area contributed by atoms with Crippen LogP contribution in [0.3, 0.4) is 0 Å². The van der Waals surface area contributed by atoms with Gasteiger partial charge in [0.2, 0.25) is 10.0 Å². The fourth-order valence-electron chi connectivity index (χ4n) is 2.99. The van der Waals surface area contributed by atoms with Crippen molar-refractivity contribution in [2.45, 2.75) is 18.7 Å². The summed E-state index contributed by atoms with van der Waals surface area (Å²) in [7, 11) is -3.49. The summed E-state index contributed by atoms with van der Waals surface area (Å²) in [6.07, 6.45) is 0. The van der Waals surface area contributed by atoms with Crippen LogP contribution in [0.15, 0.2) is 47.4 Å². The number of piperazine rings is 1. The Morgan fingerprint density at radius 1 is 1.04 bits per heavy atom. The van der Waals surface area contributed by atoms with E-state index in [4.69, 9.17) is 16.3 Å². The molecule has 0 aliphatic carbocycles. The van der Waals surface area contributed by atoms with E-state index in [0.29, 0.717) is 43.4 Å². The molecule has 26 heavy (non-hydrogen) atoms. The van der Waals surface area contributed by atoms with Gasteiger partial charge in [-0.1, -0.05) is 17.7 Å². The molecule has 1 aliphatic heterocycles. The minimum absolute atomic E-state index is 0.299. The highest BCUT2D eigenvalue weighted by Gasteiger charge is 2.28. The van der Waals surface area contributed by atoms with E-state index in [-0.39, 0.29) is 0 Å². The molecule has 0 amide bonds. The molecule has 0 radical (unpaired) electrons. The maximum absolute atomic E-state index is 12.8. The van der Waals surface area contributed by atoms with Gasteiger partial charge in [0.05, 0.1) is 11.5 Å². The van der Waals surface area contributed by atoms with Gasteiger partial charge in [0.15, 0.2) is 0 Å². The van der Waals surface area contributed by atoms with Gasteiger partial charge in [-0.05, 0) is 55.8 Å². The number of hydrogen-bond donors (Lipinski definition) is 0. The van der Waals surface area contributed by atoms with Crippen LogP contribution in [0.25, 0.3) is 0 Å². The molecule has 1 fully saturated rings. The maximum atomic E-state index is 12.8. The molecule has 0 atom stereocenters. The van der Waals surface area contributed by atoms with Crippen LogP contribution < -0.4 is 9.64 Å². The zero-order chi connectivity index (χ0) is 18.7. The van der Waals surface area contributed by atoms with Gasteiger partial charge < -0.3 is 9.64 Å². The second-order valence-corrected chi connectivity index (χ2v) is 8.57. The smallest absolute Gasteiger partial charge is 0.243 e. The minimum atomic E-state index is -3.49. The first-order valence-electron chi connectivity index (χ1n) is 8.66. The minimum Gasteiger partial charge on any atom is -0.494 e. The van der Waals surface area contributed by atoms with Crippen LogP contribution >= 0.6 is 11.6 Å². The average molecular weight is 395 g/mol. The highest BCUT2D eigenvalue weighted by atomic mass is 35.5. The summed E-state index contributed by atoms with van der Waals surface area (Å²) in [6, 6.07) is 12.5. The number of aryl methyl sites for hydroxylation is 1. The van der Waals surface area contributed by atoms with Crippen molar-refractivity contribution >= 4 is 27.3 Å². The van der Waals surface area contributed by atoms with Crippen molar-refractivity contribution in [1.29, 1.82) is 0 Å². The molecule has 0 saturated carbocycles. The summed E-state index contributed by atoms with van der Waals surface area (Å²) in [5.41, 5.74) is 2.06. The van der Waals surface area contributed by atoms with E-state index in [1.165, 1.54) is 4.31 Å². The van der Waals surface area contributed by atoms with Crippen LogP contribution in [0.1, 0.15) is 12.5 Å². The summed E-state index contributed by atoms with van der Waals surface area (Å²) in [6.45, 7) is 6.57. The van der Waals surface area contributed by atoms with E-state index >= 15 is 0 Å². The number of halogens is 1. The lowest BCUT2D eigenvalue weighted by atomic mass is 10.2. The number of rotatable bonds is 5. The third-order valence-electron chi connectivity index (χ3n) is 4.53. The molecule has 1 heterocycles. The van der Waals surface area contributed by atoms with Crippen LogP contribution in [0.2, 0.25) is 5.02 Å². The Morgan fingerprint density at radius 3 is 2.27 bits per heavy atom. The van der Waals surface area contributed by atoms with Gasteiger partial charge in [-0.2, -0.15) is 4.31 Å². The van der Waals surface area contributed by atoms with Gasteiger partial charge in [-0.3, -0.25) is 0 Å². The normalized spacial score (nSPS) is 15.9. The number of anilines is 1. The second-order valence-electron chi connectivity index (χ2n) is 6.23. The number of sulfonamides is 1. The number of hydrogen-bond acceptors (Lipinski definition) is 4. The molecule has 2 aromatic rings. The van der Waals surface area contributed by atoms with Crippen LogP contribution in [-0.2, 0) is 10.0 Å². The van der Waals surface area contributed by atoms with E-state index in [0.717, 1.165) is 16.3 Å². The topological polar surface area (TPSA) is 49.9 Å². The summed E-state index contributed by atoms with van der Waals surface area (Å²) >= 11 is 6.21. The van der Waals surface area contributed by atoms with Crippen LogP contribution in [0.5, 0.6) is 5.75 Å². The third kappa shape index (κ3) is 3.98. The third-order valence-corrected chi connectivity index (χ3v) is 6.85. The lowest BCUT2D eigenvalue weighted by molar-refractivity contribution is 0.340. The average Bonchev–Trinajstić information content (AvgIpc) is 2.65. The van der Waals surface area contributed by atoms with Crippen molar-refractivity contribution in [3.63, 3.8) is 0 Å². The van der Waals surface area contributed by atoms with Crippen molar-refractivity contribution in [2.75, 3.05) is 37.7 Å². The summed E-state index contributed by atoms with van der Waals surface area (Å²) in [5.74, 6) is 0.674. The largest absolute Gasteiger partial charge is 0.494 e. The summed E-state index contributed by atoms with van der Waals surface area (Å²) in [5, 5.41) is 0.729. The van der Waals surface area contributed by atoms with Crippen molar-refractivity contribution in [3.8, 4) is 5.75 Å². The van der Waals surface area contributed by atoms with E-state index in [9.17, 15) is 8.42 Å². The Morgan fingerprint density at radius 2 is 1.69 bits per heavy atom. The molecule has 0 aromatic heterocycles. The van der Waals surface area contributed by atoms with Crippen LogP contribution in [0.4, 0.5) is 5.69 Å². The Labute approximate surface area is 160 Å². The molecule has 2 aromatic carbocycles. The van der Waals surface area contributed by atoms with Gasteiger partial charge in [0.1, 0.15) is 5.75 Å². The standard InChI is InChI=1S/C19H23ClN2O3S/c1-3-25-17-6-8-18(9-7-17)26(23,24)22-12-10-21(11-13-22)16-5-4-15(2)19(20)14-16/h4-9,14H,3,10-13H2,1-2H3. The molecule has 0 spiro atoms. The fraction of sp³-hybridized carbons (Fsp3) is 0.368. The van der Waals surface area contributed by atoms with Gasteiger partial charge in [-0.15, -0.1) is 0 Å². The van der Waals surface area contributed by atoms with E-state index < -0.39 is 10.0 Å². The number of ether oxygens (including phenoxy) is 1. The first kappa shape index (κ1) is 19.0. The quantitative estimate of drug-likeness (QED) is 0.778. The SMILES string of the molecule is CCOc1ccc(S(=O)(=O)N2CCN(c3ccc(C)c(Cl)c3)CC2)cc1. The Balaban J connectivity index is 1.69. The molecule has 7 heteroatoms. The zero-order valence-corrected chi connectivity index (χ0v) is 16.6. The molecule has 0 bridgehead atoms. The van der Waals surface area contributed by atoms with Gasteiger partial charge in [0.25, 0.3) is 0 Å². The van der Waals surface area contributed by atoms with Crippen LogP contribution in [-0.4, -0.2) is 45.5 Å². The fourth-order valence-corrected chi connectivity index (χ4v) is 4.59. The molecule has 3 rings (SSSR count). The van der Waals surface area contributed by atoms with Gasteiger partial charge in [0, 0.05) is 36.9 Å². The van der Waals surface area contributed by atoms with E-state index in [1.807, 2.05) is 32.0 Å². The summed E-state index contributed by atoms with van der Waals surface area (Å²) < 4.78 is 32.6. The molecule has 0 unspecified atom stereocenters. The van der Waals surface area contributed by atoms with Gasteiger partial charge >= 0.3 is 0 Å². The molecular weight excluding hydrogens is 372 g/mol. The Bertz CT molecular complexity index is 861. The predicted octanol–water partition coefficient (Wildman–Crippen LogP) is 3.56. The summed E-state index contributed by atoms with van der Waals surface area (Å²) in [4.78, 5) is 2.46. The van der Waals surface area contributed by atoms with Crippen molar-refractivity contribution < 1.29 is 13.2 Å². The lowest BCUT2D eigenvalue weighted by Gasteiger charge is -2.35. The van der Waals surface area contributed by atoms with E-state index in [1.54, 1.807) is 24.3 Å². The molecular formula is C19H23ClN2O3S. The highest BCUT2D eigenvalue weighted by molar-refractivity contribution is 7.89. The second kappa shape index (κ2) is 7.86. The predicted molar refractivity (Wildman–Crippen MR) is 105 cm³/mol. The number of nitrogens with zero attached hydrogens (tertiary/aromatic N) is 2. The maximum Gasteiger partial charge on any atom is 0.243 e. The highest BCUT2D eigenvalue weighted by Crippen LogP contribution is 2.26. The Hall–Kier alpha value is -1.76. The van der Waals surface area contributed by atoms with Gasteiger partial charge in [-0.25, -0.2) is 8.42 Å². The van der Waals surface area contributed by atoms with Crippen molar-refractivity contribution in [2.24, 2.45) is 0 Å². The molecule has 5 nitrogen and oxygen atoms in total. The first-order chi connectivity index (χ1) is 12.4. The molecule has 1 aliphatic rings. The van der Waals surface area contributed by atoms with Crippen molar-refractivity contribution in [3.05, 3.63) is 53.1 Å². The van der Waals surface area contributed by atoms with Crippen molar-refractivity contribution in [1.82, 2.24) is 4.31 Å². The monoisotopic (exact) mass is 394 g/mol. The zero-order valence-electron chi connectivity index (χ0n) is 15.0. The number of benzene rings is 2. The molecule has 0 N–H and O–H groups in total. The Kier molecular flexibility index (Phi) is 5.75.